The maximum Gasteiger partial charge on any atom is 0.224 e. The SMILES string of the molecule is Cc1cc(NCc2ccc(S(C)(=O)=O)cc2)nc(Cl)n1. The van der Waals surface area contributed by atoms with Crippen LogP contribution >= 0.6 is 11.6 Å². The monoisotopic (exact) mass is 311 g/mol. The fraction of sp³-hybridized carbons (Fsp3) is 0.231. The summed E-state index contributed by atoms with van der Waals surface area (Å²) in [6, 6.07) is 8.49. The molecular formula is C13H14ClN3O2S. The summed E-state index contributed by atoms with van der Waals surface area (Å²) >= 11 is 5.77. The first-order valence-corrected chi connectivity index (χ1v) is 8.15. The summed E-state index contributed by atoms with van der Waals surface area (Å²) < 4.78 is 22.7. The predicted molar refractivity (Wildman–Crippen MR) is 78.7 cm³/mol. The molecule has 0 aliphatic carbocycles. The van der Waals surface area contributed by atoms with Crippen molar-refractivity contribution in [2.24, 2.45) is 0 Å². The van der Waals surface area contributed by atoms with Gasteiger partial charge in [-0.05, 0) is 36.2 Å². The molecule has 1 N–H and O–H groups in total. The minimum atomic E-state index is -3.16. The van der Waals surface area contributed by atoms with Gasteiger partial charge in [0, 0.05) is 24.6 Å². The molecule has 7 heteroatoms. The van der Waals surface area contributed by atoms with E-state index < -0.39 is 9.84 Å². The van der Waals surface area contributed by atoms with E-state index in [-0.39, 0.29) is 5.28 Å². The molecule has 0 saturated heterocycles. The van der Waals surface area contributed by atoms with Crippen LogP contribution in [-0.2, 0) is 16.4 Å². The Balaban J connectivity index is 2.07. The first-order chi connectivity index (χ1) is 9.34. The second kappa shape index (κ2) is 5.76. The van der Waals surface area contributed by atoms with Crippen LogP contribution in [0.1, 0.15) is 11.3 Å². The first-order valence-electron chi connectivity index (χ1n) is 5.88. The maximum absolute atomic E-state index is 11.4. The highest BCUT2D eigenvalue weighted by Gasteiger charge is 2.06. The number of benzene rings is 1. The molecule has 0 fully saturated rings. The summed E-state index contributed by atoms with van der Waals surface area (Å²) in [5.41, 5.74) is 1.73. The van der Waals surface area contributed by atoms with Crippen LogP contribution in [0.4, 0.5) is 5.82 Å². The van der Waals surface area contributed by atoms with Gasteiger partial charge in [-0.2, -0.15) is 0 Å². The van der Waals surface area contributed by atoms with Gasteiger partial charge in [0.15, 0.2) is 9.84 Å². The van der Waals surface area contributed by atoms with Gasteiger partial charge in [-0.1, -0.05) is 12.1 Å². The summed E-state index contributed by atoms with van der Waals surface area (Å²) in [6.45, 7) is 2.36. The van der Waals surface area contributed by atoms with Crippen molar-refractivity contribution in [3.05, 3.63) is 46.9 Å². The van der Waals surface area contributed by atoms with E-state index in [2.05, 4.69) is 15.3 Å². The second-order valence-electron chi connectivity index (χ2n) is 4.43. The highest BCUT2D eigenvalue weighted by Crippen LogP contribution is 2.13. The Morgan fingerprint density at radius 1 is 1.20 bits per heavy atom. The summed E-state index contributed by atoms with van der Waals surface area (Å²) in [5.74, 6) is 0.634. The number of hydrogen-bond acceptors (Lipinski definition) is 5. The molecule has 5 nitrogen and oxygen atoms in total. The molecule has 1 aromatic carbocycles. The van der Waals surface area contributed by atoms with Crippen LogP contribution < -0.4 is 5.32 Å². The van der Waals surface area contributed by atoms with Crippen molar-refractivity contribution in [3.63, 3.8) is 0 Å². The first kappa shape index (κ1) is 14.7. The number of anilines is 1. The van der Waals surface area contributed by atoms with Gasteiger partial charge in [-0.25, -0.2) is 18.4 Å². The molecule has 106 valence electrons. The van der Waals surface area contributed by atoms with E-state index in [4.69, 9.17) is 11.6 Å². The zero-order valence-corrected chi connectivity index (χ0v) is 12.7. The van der Waals surface area contributed by atoms with Crippen LogP contribution in [0.2, 0.25) is 5.28 Å². The molecule has 20 heavy (non-hydrogen) atoms. The Hall–Kier alpha value is -1.66. The number of nitrogens with zero attached hydrogens (tertiary/aromatic N) is 2. The van der Waals surface area contributed by atoms with Crippen molar-refractivity contribution in [1.82, 2.24) is 9.97 Å². The van der Waals surface area contributed by atoms with Gasteiger partial charge < -0.3 is 5.32 Å². The van der Waals surface area contributed by atoms with Crippen LogP contribution in [0.25, 0.3) is 0 Å². The van der Waals surface area contributed by atoms with E-state index in [0.717, 1.165) is 11.3 Å². The number of sulfone groups is 1. The van der Waals surface area contributed by atoms with Gasteiger partial charge in [-0.3, -0.25) is 0 Å². The number of aryl methyl sites for hydroxylation is 1. The van der Waals surface area contributed by atoms with E-state index in [1.165, 1.54) is 6.26 Å². The molecule has 0 saturated carbocycles. The van der Waals surface area contributed by atoms with Gasteiger partial charge >= 0.3 is 0 Å². The summed E-state index contributed by atoms with van der Waals surface area (Å²) in [5, 5.41) is 3.31. The largest absolute Gasteiger partial charge is 0.366 e. The fourth-order valence-corrected chi connectivity index (χ4v) is 2.52. The van der Waals surface area contributed by atoms with Crippen LogP contribution in [0.5, 0.6) is 0 Å². The van der Waals surface area contributed by atoms with Gasteiger partial charge in [0.05, 0.1) is 4.90 Å². The number of nitrogens with one attached hydrogen (secondary N) is 1. The van der Waals surface area contributed by atoms with Crippen molar-refractivity contribution in [2.75, 3.05) is 11.6 Å². The minimum absolute atomic E-state index is 0.194. The lowest BCUT2D eigenvalue weighted by atomic mass is 10.2. The molecule has 0 radical (unpaired) electrons. The molecule has 1 aromatic heterocycles. The smallest absolute Gasteiger partial charge is 0.224 e. The molecule has 0 aliphatic heterocycles. The lowest BCUT2D eigenvalue weighted by Gasteiger charge is -2.07. The van der Waals surface area contributed by atoms with Crippen molar-refractivity contribution >= 4 is 27.3 Å². The van der Waals surface area contributed by atoms with Crippen LogP contribution in [0.15, 0.2) is 35.2 Å². The molecule has 0 aliphatic rings. The number of halogens is 1. The van der Waals surface area contributed by atoms with Crippen molar-refractivity contribution in [1.29, 1.82) is 0 Å². The second-order valence-corrected chi connectivity index (χ2v) is 6.79. The van der Waals surface area contributed by atoms with Crippen molar-refractivity contribution in [3.8, 4) is 0 Å². The quantitative estimate of drug-likeness (QED) is 0.878. The molecule has 2 rings (SSSR count). The van der Waals surface area contributed by atoms with Gasteiger partial charge in [0.1, 0.15) is 5.82 Å². The summed E-state index contributed by atoms with van der Waals surface area (Å²) in [4.78, 5) is 8.34. The number of rotatable bonds is 4. The lowest BCUT2D eigenvalue weighted by molar-refractivity contribution is 0.602. The molecule has 2 aromatic rings. The standard InChI is InChI=1S/C13H14ClN3O2S/c1-9-7-12(17-13(14)16-9)15-8-10-3-5-11(6-4-10)20(2,18)19/h3-7H,8H2,1-2H3,(H,15,16,17). The van der Waals surface area contributed by atoms with Gasteiger partial charge in [0.2, 0.25) is 5.28 Å². The van der Waals surface area contributed by atoms with Crippen molar-refractivity contribution < 1.29 is 8.42 Å². The third-order valence-corrected chi connectivity index (χ3v) is 3.95. The highest BCUT2D eigenvalue weighted by molar-refractivity contribution is 7.90. The van der Waals surface area contributed by atoms with E-state index in [1.807, 2.05) is 6.92 Å². The Morgan fingerprint density at radius 3 is 2.40 bits per heavy atom. The van der Waals surface area contributed by atoms with Crippen molar-refractivity contribution in [2.45, 2.75) is 18.4 Å². The topological polar surface area (TPSA) is 72.0 Å². The lowest BCUT2D eigenvalue weighted by Crippen LogP contribution is -2.03. The fourth-order valence-electron chi connectivity index (χ4n) is 1.67. The molecule has 0 amide bonds. The van der Waals surface area contributed by atoms with E-state index in [9.17, 15) is 8.42 Å². The summed E-state index contributed by atoms with van der Waals surface area (Å²) in [7, 11) is -3.16. The minimum Gasteiger partial charge on any atom is -0.366 e. The molecular weight excluding hydrogens is 298 g/mol. The zero-order chi connectivity index (χ0) is 14.8. The Bertz CT molecular complexity index is 695. The molecule has 0 bridgehead atoms. The normalized spacial score (nSPS) is 11.3. The molecule has 1 heterocycles. The Kier molecular flexibility index (Phi) is 4.25. The van der Waals surface area contributed by atoms with Crippen LogP contribution in [-0.4, -0.2) is 24.6 Å². The maximum atomic E-state index is 11.4. The van der Waals surface area contributed by atoms with E-state index in [1.54, 1.807) is 30.3 Å². The third kappa shape index (κ3) is 3.91. The third-order valence-electron chi connectivity index (χ3n) is 2.65. The van der Waals surface area contributed by atoms with Crippen LogP contribution in [0, 0.1) is 6.92 Å². The number of hydrogen-bond donors (Lipinski definition) is 1. The average Bonchev–Trinajstić information content (AvgIpc) is 2.35. The van der Waals surface area contributed by atoms with E-state index in [0.29, 0.717) is 17.3 Å². The average molecular weight is 312 g/mol. The zero-order valence-electron chi connectivity index (χ0n) is 11.1. The predicted octanol–water partition coefficient (Wildman–Crippen LogP) is 2.45. The van der Waals surface area contributed by atoms with Gasteiger partial charge in [-0.15, -0.1) is 0 Å². The summed E-state index contributed by atoms with van der Waals surface area (Å²) in [6.07, 6.45) is 1.19. The van der Waals surface area contributed by atoms with Crippen LogP contribution in [0.3, 0.4) is 0 Å². The Labute approximate surface area is 123 Å². The molecule has 0 atom stereocenters. The van der Waals surface area contributed by atoms with E-state index >= 15 is 0 Å². The molecule has 0 spiro atoms. The Morgan fingerprint density at radius 2 is 1.85 bits per heavy atom. The highest BCUT2D eigenvalue weighted by atomic mass is 35.5. The molecule has 0 unspecified atom stereocenters. The number of aromatic nitrogens is 2. The van der Waals surface area contributed by atoms with Gasteiger partial charge in [0.25, 0.3) is 0 Å².